The van der Waals surface area contributed by atoms with Crippen molar-refractivity contribution < 1.29 is 4.74 Å². The fourth-order valence-corrected chi connectivity index (χ4v) is 1.82. The Labute approximate surface area is 114 Å². The quantitative estimate of drug-likeness (QED) is 0.559. The molecule has 0 saturated carbocycles. The first-order chi connectivity index (χ1) is 8.88. The zero-order chi connectivity index (χ0) is 14.6. The van der Waals surface area contributed by atoms with E-state index in [1.165, 1.54) is 0 Å². The smallest absolute Gasteiger partial charge is 0.268 e. The molecule has 0 radical (unpaired) electrons. The first kappa shape index (κ1) is 15.4. The average Bonchev–Trinajstić information content (AvgIpc) is 2.35. The molecule has 0 amide bonds. The van der Waals surface area contributed by atoms with Crippen molar-refractivity contribution in [3.63, 3.8) is 0 Å². The Kier molecular flexibility index (Phi) is 5.28. The van der Waals surface area contributed by atoms with E-state index in [0.29, 0.717) is 5.56 Å². The first-order valence-electron chi connectivity index (χ1n) is 6.74. The summed E-state index contributed by atoms with van der Waals surface area (Å²) in [6.07, 6.45) is 4.63. The van der Waals surface area contributed by atoms with E-state index in [-0.39, 0.29) is 11.9 Å². The number of hydrogen-bond donors (Lipinski definition) is 0. The minimum absolute atomic E-state index is 0.112. The third-order valence-corrected chi connectivity index (χ3v) is 2.92. The van der Waals surface area contributed by atoms with Crippen LogP contribution in [-0.2, 0) is 0 Å². The van der Waals surface area contributed by atoms with Crippen LogP contribution in [0.3, 0.4) is 0 Å². The molecule has 0 aromatic heterocycles. The summed E-state index contributed by atoms with van der Waals surface area (Å²) in [7, 11) is 0. The van der Waals surface area contributed by atoms with Crippen LogP contribution in [-0.4, -0.2) is 6.10 Å². The van der Waals surface area contributed by atoms with Crippen LogP contribution < -0.4 is 15.6 Å². The van der Waals surface area contributed by atoms with Crippen LogP contribution in [0.2, 0.25) is 0 Å². The normalized spacial score (nSPS) is 12.2. The molecule has 0 bridgehead atoms. The van der Waals surface area contributed by atoms with Gasteiger partial charge in [-0.1, -0.05) is 25.5 Å². The van der Waals surface area contributed by atoms with Crippen molar-refractivity contribution in [1.82, 2.24) is 0 Å². The number of rotatable bonds is 7. The number of hydrogen-bond acceptors (Lipinski definition) is 3. The van der Waals surface area contributed by atoms with Crippen LogP contribution in [0.4, 0.5) is 0 Å². The van der Waals surface area contributed by atoms with E-state index in [4.69, 9.17) is 4.74 Å². The van der Waals surface area contributed by atoms with Gasteiger partial charge in [-0.05, 0) is 45.3 Å². The van der Waals surface area contributed by atoms with Crippen LogP contribution in [0.1, 0.15) is 52.5 Å². The van der Waals surface area contributed by atoms with Gasteiger partial charge in [0.05, 0.1) is 11.7 Å². The van der Waals surface area contributed by atoms with Crippen LogP contribution in [0.5, 0.6) is 5.75 Å². The fourth-order valence-electron chi connectivity index (χ4n) is 1.82. The maximum atomic E-state index is 11.6. The van der Waals surface area contributed by atoms with Crippen LogP contribution in [0.25, 0.3) is 6.08 Å². The molecule has 0 aliphatic carbocycles. The first-order valence-corrected chi connectivity index (χ1v) is 6.74. The third-order valence-electron chi connectivity index (χ3n) is 2.92. The number of unbranched alkanes of at least 4 members (excludes halogenated alkanes) is 1. The maximum absolute atomic E-state index is 11.6. The van der Waals surface area contributed by atoms with Gasteiger partial charge in [0.2, 0.25) is 5.43 Å². The highest BCUT2D eigenvalue weighted by Crippen LogP contribution is 2.22. The van der Waals surface area contributed by atoms with Gasteiger partial charge in [0, 0.05) is 0 Å². The second-order valence-corrected chi connectivity index (χ2v) is 5.12. The zero-order valence-electron chi connectivity index (χ0n) is 12.2. The Bertz CT molecular complexity index is 555. The lowest BCUT2D eigenvalue weighted by Crippen LogP contribution is -2.36. The molecule has 0 atom stereocenters. The van der Waals surface area contributed by atoms with Gasteiger partial charge in [0.25, 0.3) is 5.43 Å². The highest BCUT2D eigenvalue weighted by molar-refractivity contribution is 5.66. The SMILES string of the molecule is C=C(C)/C(=C/c1c(OC(C)C)c(=O)c1=O)CCCC. The van der Waals surface area contributed by atoms with Gasteiger partial charge in [-0.15, -0.1) is 0 Å². The van der Waals surface area contributed by atoms with Crippen molar-refractivity contribution in [2.24, 2.45) is 0 Å². The molecule has 19 heavy (non-hydrogen) atoms. The lowest BCUT2D eigenvalue weighted by Gasteiger charge is -2.14. The van der Waals surface area contributed by atoms with Crippen molar-refractivity contribution >= 4 is 6.08 Å². The highest BCUT2D eigenvalue weighted by atomic mass is 16.5. The second kappa shape index (κ2) is 6.50. The minimum atomic E-state index is -0.517. The summed E-state index contributed by atoms with van der Waals surface area (Å²) in [5.41, 5.74) is 1.37. The van der Waals surface area contributed by atoms with Gasteiger partial charge in [-0.25, -0.2) is 0 Å². The largest absolute Gasteiger partial charge is 0.486 e. The Morgan fingerprint density at radius 2 is 1.95 bits per heavy atom. The summed E-state index contributed by atoms with van der Waals surface area (Å²) in [5, 5.41) is 0. The summed E-state index contributed by atoms with van der Waals surface area (Å²) >= 11 is 0. The van der Waals surface area contributed by atoms with E-state index >= 15 is 0 Å². The molecule has 0 fully saturated rings. The van der Waals surface area contributed by atoms with Crippen LogP contribution in [0.15, 0.2) is 27.3 Å². The van der Waals surface area contributed by atoms with Crippen molar-refractivity contribution in [3.8, 4) is 5.75 Å². The Balaban J connectivity index is 3.08. The summed E-state index contributed by atoms with van der Waals surface area (Å²) in [6.45, 7) is 11.6. The number of allylic oxidation sites excluding steroid dienone is 2. The molecule has 0 N–H and O–H groups in total. The molecule has 0 unspecified atom stereocenters. The molecular formula is C16H22O3. The molecular weight excluding hydrogens is 240 g/mol. The molecule has 3 heteroatoms. The van der Waals surface area contributed by atoms with Gasteiger partial charge in [-0.2, -0.15) is 0 Å². The van der Waals surface area contributed by atoms with E-state index in [9.17, 15) is 9.59 Å². The minimum Gasteiger partial charge on any atom is -0.486 e. The summed E-state index contributed by atoms with van der Waals surface area (Å²) < 4.78 is 5.40. The lowest BCUT2D eigenvalue weighted by atomic mass is 9.97. The predicted molar refractivity (Wildman–Crippen MR) is 79.4 cm³/mol. The fraction of sp³-hybridized carbons (Fsp3) is 0.500. The third kappa shape index (κ3) is 3.66. The van der Waals surface area contributed by atoms with E-state index in [2.05, 4.69) is 13.5 Å². The van der Waals surface area contributed by atoms with Gasteiger partial charge < -0.3 is 4.74 Å². The van der Waals surface area contributed by atoms with Crippen molar-refractivity contribution in [2.45, 2.75) is 53.1 Å². The van der Waals surface area contributed by atoms with Crippen molar-refractivity contribution in [2.75, 3.05) is 0 Å². The molecule has 104 valence electrons. The van der Waals surface area contributed by atoms with E-state index in [1.807, 2.05) is 20.8 Å². The van der Waals surface area contributed by atoms with E-state index in [1.54, 1.807) is 6.08 Å². The molecule has 0 aliphatic rings. The topological polar surface area (TPSA) is 43.4 Å². The van der Waals surface area contributed by atoms with E-state index < -0.39 is 10.9 Å². The van der Waals surface area contributed by atoms with Gasteiger partial charge in [0.15, 0.2) is 5.75 Å². The maximum Gasteiger partial charge on any atom is 0.268 e. The standard InChI is InChI=1S/C16H22O3/c1-6-7-8-12(10(2)3)9-13-14(17)15(18)16(13)19-11(4)5/h9,11H,2,6-8H2,1,3-5H3/b12-9+. The molecule has 1 rings (SSSR count). The van der Waals surface area contributed by atoms with Gasteiger partial charge >= 0.3 is 0 Å². The average molecular weight is 262 g/mol. The summed E-state index contributed by atoms with van der Waals surface area (Å²) in [5.74, 6) is 0.204. The molecule has 3 nitrogen and oxygen atoms in total. The number of ether oxygens (including phenoxy) is 1. The molecule has 0 spiro atoms. The van der Waals surface area contributed by atoms with Crippen LogP contribution in [0, 0.1) is 0 Å². The Morgan fingerprint density at radius 1 is 1.32 bits per heavy atom. The molecule has 0 aliphatic heterocycles. The van der Waals surface area contributed by atoms with Crippen LogP contribution >= 0.6 is 0 Å². The molecule has 1 aromatic carbocycles. The monoisotopic (exact) mass is 262 g/mol. The lowest BCUT2D eigenvalue weighted by molar-refractivity contribution is 0.236. The van der Waals surface area contributed by atoms with Crippen molar-refractivity contribution in [1.29, 1.82) is 0 Å². The summed E-state index contributed by atoms with van der Waals surface area (Å²) in [4.78, 5) is 23.1. The highest BCUT2D eigenvalue weighted by Gasteiger charge is 2.22. The van der Waals surface area contributed by atoms with E-state index in [0.717, 1.165) is 30.4 Å². The summed E-state index contributed by atoms with van der Waals surface area (Å²) in [6, 6.07) is 0. The van der Waals surface area contributed by atoms with Crippen molar-refractivity contribution in [3.05, 3.63) is 43.7 Å². The van der Waals surface area contributed by atoms with Gasteiger partial charge in [0.1, 0.15) is 0 Å². The second-order valence-electron chi connectivity index (χ2n) is 5.12. The molecule has 0 saturated heterocycles. The predicted octanol–water partition coefficient (Wildman–Crippen LogP) is 3.22. The molecule has 1 aromatic rings. The Hall–Kier alpha value is -1.64. The Morgan fingerprint density at radius 3 is 2.42 bits per heavy atom. The molecule has 0 heterocycles. The zero-order valence-corrected chi connectivity index (χ0v) is 12.2. The van der Waals surface area contributed by atoms with Gasteiger partial charge in [-0.3, -0.25) is 9.59 Å².